The van der Waals surface area contributed by atoms with Crippen LogP contribution in [0.1, 0.15) is 50.1 Å². The summed E-state index contributed by atoms with van der Waals surface area (Å²) >= 11 is 0. The van der Waals surface area contributed by atoms with Gasteiger partial charge in [-0.05, 0) is 33.9 Å². The van der Waals surface area contributed by atoms with E-state index in [0.29, 0.717) is 17.5 Å². The van der Waals surface area contributed by atoms with E-state index in [4.69, 9.17) is 4.42 Å². The number of rotatable bonds is 6. The lowest BCUT2D eigenvalue weighted by molar-refractivity contribution is 0.377. The molecule has 0 bridgehead atoms. The van der Waals surface area contributed by atoms with Gasteiger partial charge >= 0.3 is 0 Å². The molecule has 0 spiro atoms. The summed E-state index contributed by atoms with van der Waals surface area (Å²) in [5.41, 5.74) is 1.34. The predicted molar refractivity (Wildman–Crippen MR) is 106 cm³/mol. The molecule has 0 amide bonds. The number of oxazole rings is 1. The molecule has 0 radical (unpaired) electrons. The van der Waals surface area contributed by atoms with Crippen molar-refractivity contribution in [2.24, 2.45) is 0 Å². The van der Waals surface area contributed by atoms with E-state index in [-0.39, 0.29) is 0 Å². The summed E-state index contributed by atoms with van der Waals surface area (Å²) in [4.78, 5) is 17.7. The van der Waals surface area contributed by atoms with Gasteiger partial charge in [0.2, 0.25) is 0 Å². The van der Waals surface area contributed by atoms with Crippen molar-refractivity contribution in [3.05, 3.63) is 23.9 Å². The third kappa shape index (κ3) is 3.46. The summed E-state index contributed by atoms with van der Waals surface area (Å²) in [6.07, 6.45) is 4.35. The molecule has 0 unspecified atom stereocenters. The van der Waals surface area contributed by atoms with Crippen LogP contribution >= 0.6 is 0 Å². The summed E-state index contributed by atoms with van der Waals surface area (Å²) in [6, 6.07) is 0. The molecule has 28 heavy (non-hydrogen) atoms. The van der Waals surface area contributed by atoms with E-state index in [1.54, 1.807) is 6.33 Å². The van der Waals surface area contributed by atoms with Crippen LogP contribution in [0.15, 0.2) is 10.7 Å². The summed E-state index contributed by atoms with van der Waals surface area (Å²) in [5.74, 6) is 4.15. The highest BCUT2D eigenvalue weighted by Crippen LogP contribution is 2.31. The van der Waals surface area contributed by atoms with Crippen LogP contribution in [0.25, 0.3) is 11.2 Å². The Morgan fingerprint density at radius 2 is 1.93 bits per heavy atom. The van der Waals surface area contributed by atoms with Crippen LogP contribution in [-0.2, 0) is 19.5 Å². The third-order valence-electron chi connectivity index (χ3n) is 5.31. The number of piperidine rings is 1. The molecular formula is C19H28N8O. The number of fused-ring (bicyclic) bond motifs is 1. The first-order valence-corrected chi connectivity index (χ1v) is 10.0. The second-order valence-corrected chi connectivity index (χ2v) is 7.53. The highest BCUT2D eigenvalue weighted by molar-refractivity contribution is 5.81. The first-order chi connectivity index (χ1) is 13.6. The summed E-state index contributed by atoms with van der Waals surface area (Å²) in [7, 11) is 4.12. The fourth-order valence-electron chi connectivity index (χ4n) is 3.91. The Bertz CT molecular complexity index is 939. The Labute approximate surface area is 164 Å². The quantitative estimate of drug-likeness (QED) is 0.639. The van der Waals surface area contributed by atoms with Crippen LogP contribution in [-0.4, -0.2) is 61.8 Å². The van der Waals surface area contributed by atoms with Crippen LogP contribution in [0.4, 0.5) is 5.82 Å². The number of nitrogens with zero attached hydrogens (tertiary/aromatic N) is 8. The maximum atomic E-state index is 5.69. The minimum absolute atomic E-state index is 0.417. The minimum Gasteiger partial charge on any atom is -0.422 e. The van der Waals surface area contributed by atoms with Crippen molar-refractivity contribution in [1.82, 2.24) is 34.6 Å². The normalized spacial score (nSPS) is 15.8. The summed E-state index contributed by atoms with van der Waals surface area (Å²) in [5, 5.41) is 8.99. The van der Waals surface area contributed by atoms with E-state index >= 15 is 0 Å². The minimum atomic E-state index is 0.417. The second-order valence-electron chi connectivity index (χ2n) is 7.53. The standard InChI is InChI=1S/C19H28N8O/c1-5-15-22-16-18(20-12-21-19(16)28-15)26-9-7-13(8-10-26)17-24-23-14(11-25(3)4)27(17)6-2/h12-13H,5-11H2,1-4H3. The monoisotopic (exact) mass is 384 g/mol. The molecule has 0 N–H and O–H groups in total. The zero-order chi connectivity index (χ0) is 19.7. The number of hydrogen-bond acceptors (Lipinski definition) is 8. The lowest BCUT2D eigenvalue weighted by Gasteiger charge is -2.32. The average molecular weight is 384 g/mol. The molecule has 4 rings (SSSR count). The fourth-order valence-corrected chi connectivity index (χ4v) is 3.91. The highest BCUT2D eigenvalue weighted by atomic mass is 16.4. The Kier molecular flexibility index (Phi) is 5.25. The van der Waals surface area contributed by atoms with Crippen LogP contribution < -0.4 is 4.90 Å². The molecule has 1 aliphatic rings. The van der Waals surface area contributed by atoms with Crippen molar-refractivity contribution in [3.63, 3.8) is 0 Å². The van der Waals surface area contributed by atoms with Crippen LogP contribution in [0, 0.1) is 0 Å². The smallest absolute Gasteiger partial charge is 0.252 e. The number of hydrogen-bond donors (Lipinski definition) is 0. The Balaban J connectivity index is 1.51. The molecule has 9 heteroatoms. The molecule has 150 valence electrons. The third-order valence-corrected chi connectivity index (χ3v) is 5.31. The van der Waals surface area contributed by atoms with Gasteiger partial charge in [-0.15, -0.1) is 10.2 Å². The molecule has 1 fully saturated rings. The summed E-state index contributed by atoms with van der Waals surface area (Å²) in [6.45, 7) is 7.71. The zero-order valence-electron chi connectivity index (χ0n) is 17.1. The van der Waals surface area contributed by atoms with Crippen molar-refractivity contribution in [2.75, 3.05) is 32.1 Å². The lowest BCUT2D eigenvalue weighted by Crippen LogP contribution is -2.34. The largest absolute Gasteiger partial charge is 0.422 e. The lowest BCUT2D eigenvalue weighted by atomic mass is 9.96. The molecule has 0 saturated carbocycles. The van der Waals surface area contributed by atoms with Gasteiger partial charge in [-0.25, -0.2) is 9.97 Å². The van der Waals surface area contributed by atoms with Crippen LogP contribution in [0.3, 0.4) is 0 Å². The first kappa shape index (κ1) is 18.8. The van der Waals surface area contributed by atoms with Gasteiger partial charge in [0.05, 0.1) is 6.54 Å². The Morgan fingerprint density at radius 1 is 1.14 bits per heavy atom. The fraction of sp³-hybridized carbons (Fsp3) is 0.632. The molecule has 0 atom stereocenters. The molecule has 1 saturated heterocycles. The van der Waals surface area contributed by atoms with E-state index in [2.05, 4.69) is 60.5 Å². The highest BCUT2D eigenvalue weighted by Gasteiger charge is 2.28. The van der Waals surface area contributed by atoms with Crippen molar-refractivity contribution in [1.29, 1.82) is 0 Å². The maximum absolute atomic E-state index is 5.69. The SMILES string of the molecule is CCc1nc2c(N3CCC(c4nnc(CN(C)C)n4CC)CC3)ncnc2o1. The number of aromatic nitrogens is 6. The van der Waals surface area contributed by atoms with Crippen molar-refractivity contribution in [2.45, 2.75) is 52.1 Å². The van der Waals surface area contributed by atoms with Crippen LogP contribution in [0.2, 0.25) is 0 Å². The molecular weight excluding hydrogens is 356 g/mol. The van der Waals surface area contributed by atoms with Gasteiger partial charge < -0.3 is 18.8 Å². The Hall–Kier alpha value is -2.55. The van der Waals surface area contributed by atoms with Crippen molar-refractivity contribution < 1.29 is 4.42 Å². The second kappa shape index (κ2) is 7.83. The predicted octanol–water partition coefficient (Wildman–Crippen LogP) is 2.24. The van der Waals surface area contributed by atoms with Gasteiger partial charge in [-0.2, -0.15) is 4.98 Å². The summed E-state index contributed by atoms with van der Waals surface area (Å²) < 4.78 is 7.96. The van der Waals surface area contributed by atoms with Gasteiger partial charge in [0.25, 0.3) is 5.71 Å². The molecule has 4 heterocycles. The van der Waals surface area contributed by atoms with Crippen molar-refractivity contribution >= 4 is 17.0 Å². The molecule has 0 aromatic carbocycles. The van der Waals surface area contributed by atoms with E-state index < -0.39 is 0 Å². The molecule has 3 aromatic rings. The molecule has 0 aliphatic carbocycles. The Morgan fingerprint density at radius 3 is 2.61 bits per heavy atom. The molecule has 3 aromatic heterocycles. The van der Waals surface area contributed by atoms with Gasteiger partial charge in [0, 0.05) is 32.0 Å². The van der Waals surface area contributed by atoms with E-state index in [9.17, 15) is 0 Å². The van der Waals surface area contributed by atoms with Gasteiger partial charge in [0.15, 0.2) is 17.2 Å². The maximum Gasteiger partial charge on any atom is 0.252 e. The van der Waals surface area contributed by atoms with E-state index in [1.165, 1.54) is 0 Å². The number of aryl methyl sites for hydroxylation is 1. The van der Waals surface area contributed by atoms with Crippen molar-refractivity contribution in [3.8, 4) is 0 Å². The van der Waals surface area contributed by atoms with E-state index in [0.717, 1.165) is 68.4 Å². The first-order valence-electron chi connectivity index (χ1n) is 10.0. The van der Waals surface area contributed by atoms with E-state index in [1.807, 2.05) is 6.92 Å². The van der Waals surface area contributed by atoms with Gasteiger partial charge in [0.1, 0.15) is 18.0 Å². The van der Waals surface area contributed by atoms with Crippen LogP contribution in [0.5, 0.6) is 0 Å². The average Bonchev–Trinajstić information content (AvgIpc) is 3.30. The number of anilines is 1. The molecule has 9 nitrogen and oxygen atoms in total. The zero-order valence-corrected chi connectivity index (χ0v) is 17.1. The topological polar surface area (TPSA) is 89.0 Å². The van der Waals surface area contributed by atoms with Gasteiger partial charge in [-0.3, -0.25) is 0 Å². The van der Waals surface area contributed by atoms with Gasteiger partial charge in [-0.1, -0.05) is 6.92 Å². The molecule has 1 aliphatic heterocycles.